The van der Waals surface area contributed by atoms with Crippen LogP contribution in [0.5, 0.6) is 0 Å². The van der Waals surface area contributed by atoms with Crippen LogP contribution in [0.3, 0.4) is 0 Å². The fraction of sp³-hybridized carbons (Fsp3) is 0.125. The number of aryl methyl sites for hydroxylation is 1. The molecule has 0 spiro atoms. The van der Waals surface area contributed by atoms with Crippen LogP contribution in [0.2, 0.25) is 0 Å². The summed E-state index contributed by atoms with van der Waals surface area (Å²) in [6, 6.07) is 21.6. The summed E-state index contributed by atoms with van der Waals surface area (Å²) in [5.41, 5.74) is 3.19. The number of nitrogens with zero attached hydrogens (tertiary/aromatic N) is 2. The van der Waals surface area contributed by atoms with Gasteiger partial charge in [-0.1, -0.05) is 30.3 Å². The number of imidazole rings is 1. The molecule has 0 saturated carbocycles. The first-order chi connectivity index (χ1) is 15.0. The number of fused-ring (bicyclic) bond motifs is 1. The van der Waals surface area contributed by atoms with Crippen LogP contribution in [-0.4, -0.2) is 21.4 Å². The quantitative estimate of drug-likeness (QED) is 0.479. The Bertz CT molecular complexity index is 1250. The summed E-state index contributed by atoms with van der Waals surface area (Å²) in [6.07, 6.45) is 0.502. The molecular weight excluding hydrogens is 395 g/mol. The molecule has 2 amide bonds. The number of carbonyl (C=O) groups excluding carboxylic acids is 2. The maximum absolute atomic E-state index is 14.1. The van der Waals surface area contributed by atoms with E-state index in [4.69, 9.17) is 4.98 Å². The minimum absolute atomic E-state index is 0.0211. The van der Waals surface area contributed by atoms with Gasteiger partial charge in [0.2, 0.25) is 11.8 Å². The standard InChI is InChI=1S/C24H21FN4O2/c1-16(30)26-17-11-12-19(25)21(15-17)28-24(31)14-13-23-27-20-9-5-6-10-22(20)29(23)18-7-3-2-4-8-18/h2-12,15H,13-14H2,1H3,(H,26,30)(H,28,31). The van der Waals surface area contributed by atoms with Crippen molar-refractivity contribution in [2.75, 3.05) is 10.6 Å². The van der Waals surface area contributed by atoms with Crippen LogP contribution >= 0.6 is 0 Å². The molecule has 0 aliphatic carbocycles. The molecule has 7 heteroatoms. The Morgan fingerprint density at radius 1 is 0.968 bits per heavy atom. The smallest absolute Gasteiger partial charge is 0.224 e. The second kappa shape index (κ2) is 8.79. The van der Waals surface area contributed by atoms with Crippen molar-refractivity contribution < 1.29 is 14.0 Å². The van der Waals surface area contributed by atoms with E-state index in [-0.39, 0.29) is 23.9 Å². The molecule has 3 aromatic carbocycles. The summed E-state index contributed by atoms with van der Waals surface area (Å²) in [7, 11) is 0. The number of para-hydroxylation sites is 3. The predicted octanol–water partition coefficient (Wildman–Crippen LogP) is 4.69. The molecule has 0 fully saturated rings. The van der Waals surface area contributed by atoms with Crippen molar-refractivity contribution in [3.8, 4) is 5.69 Å². The average molecular weight is 416 g/mol. The second-order valence-electron chi connectivity index (χ2n) is 7.11. The van der Waals surface area contributed by atoms with Crippen LogP contribution in [0, 0.1) is 5.82 Å². The highest BCUT2D eigenvalue weighted by molar-refractivity contribution is 5.93. The SMILES string of the molecule is CC(=O)Nc1ccc(F)c(NC(=O)CCc2nc3ccccc3n2-c2ccccc2)c1. The van der Waals surface area contributed by atoms with Gasteiger partial charge in [-0.25, -0.2) is 9.37 Å². The molecule has 0 saturated heterocycles. The molecule has 0 atom stereocenters. The number of hydrogen-bond acceptors (Lipinski definition) is 3. The first kappa shape index (κ1) is 20.3. The maximum Gasteiger partial charge on any atom is 0.224 e. The summed E-state index contributed by atoms with van der Waals surface area (Å²) < 4.78 is 16.1. The topological polar surface area (TPSA) is 76.0 Å². The molecule has 4 rings (SSSR count). The van der Waals surface area contributed by atoms with E-state index in [2.05, 4.69) is 10.6 Å². The fourth-order valence-corrected chi connectivity index (χ4v) is 3.45. The molecular formula is C24H21FN4O2. The van der Waals surface area contributed by atoms with E-state index in [9.17, 15) is 14.0 Å². The van der Waals surface area contributed by atoms with E-state index in [1.54, 1.807) is 0 Å². The zero-order chi connectivity index (χ0) is 21.8. The predicted molar refractivity (Wildman–Crippen MR) is 119 cm³/mol. The first-order valence-corrected chi connectivity index (χ1v) is 9.90. The molecule has 1 aromatic heterocycles. The van der Waals surface area contributed by atoms with Gasteiger partial charge in [-0.3, -0.25) is 14.2 Å². The van der Waals surface area contributed by atoms with Gasteiger partial charge in [0.15, 0.2) is 0 Å². The lowest BCUT2D eigenvalue weighted by atomic mass is 10.2. The normalized spacial score (nSPS) is 10.8. The zero-order valence-electron chi connectivity index (χ0n) is 16.9. The van der Waals surface area contributed by atoms with Gasteiger partial charge in [-0.2, -0.15) is 0 Å². The zero-order valence-corrected chi connectivity index (χ0v) is 16.9. The number of halogens is 1. The van der Waals surface area contributed by atoms with Crippen molar-refractivity contribution in [3.63, 3.8) is 0 Å². The molecule has 0 bridgehead atoms. The molecule has 0 aliphatic heterocycles. The third kappa shape index (κ3) is 4.61. The Labute approximate surface area is 178 Å². The number of nitrogens with one attached hydrogen (secondary N) is 2. The molecule has 4 aromatic rings. The van der Waals surface area contributed by atoms with Crippen molar-refractivity contribution in [2.45, 2.75) is 19.8 Å². The van der Waals surface area contributed by atoms with Gasteiger partial charge in [-0.15, -0.1) is 0 Å². The number of rotatable bonds is 6. The largest absolute Gasteiger partial charge is 0.326 e. The number of amides is 2. The lowest BCUT2D eigenvalue weighted by molar-refractivity contribution is -0.116. The second-order valence-corrected chi connectivity index (χ2v) is 7.11. The van der Waals surface area contributed by atoms with E-state index >= 15 is 0 Å². The molecule has 1 heterocycles. The molecule has 0 radical (unpaired) electrons. The monoisotopic (exact) mass is 416 g/mol. The Balaban J connectivity index is 1.54. The third-order valence-electron chi connectivity index (χ3n) is 4.78. The Kier molecular flexibility index (Phi) is 5.75. The fourth-order valence-electron chi connectivity index (χ4n) is 3.45. The summed E-state index contributed by atoms with van der Waals surface area (Å²) in [4.78, 5) is 28.4. The summed E-state index contributed by atoms with van der Waals surface area (Å²) in [6.45, 7) is 1.36. The Morgan fingerprint density at radius 3 is 2.48 bits per heavy atom. The average Bonchev–Trinajstić information content (AvgIpc) is 3.13. The molecule has 0 unspecified atom stereocenters. The summed E-state index contributed by atoms with van der Waals surface area (Å²) in [5.74, 6) is -0.441. The van der Waals surface area contributed by atoms with E-state index in [1.807, 2.05) is 59.2 Å². The number of aromatic nitrogens is 2. The minimum Gasteiger partial charge on any atom is -0.326 e. The molecule has 31 heavy (non-hydrogen) atoms. The molecule has 2 N–H and O–H groups in total. The number of benzene rings is 3. The van der Waals surface area contributed by atoms with Crippen molar-refractivity contribution in [2.24, 2.45) is 0 Å². The van der Waals surface area contributed by atoms with Crippen LogP contribution in [0.25, 0.3) is 16.7 Å². The first-order valence-electron chi connectivity index (χ1n) is 9.90. The highest BCUT2D eigenvalue weighted by Gasteiger charge is 2.15. The van der Waals surface area contributed by atoms with Gasteiger partial charge in [-0.05, 0) is 42.5 Å². The minimum atomic E-state index is -0.570. The Hall–Kier alpha value is -4.00. The van der Waals surface area contributed by atoms with Crippen molar-refractivity contribution >= 4 is 34.2 Å². The molecule has 6 nitrogen and oxygen atoms in total. The van der Waals surface area contributed by atoms with Gasteiger partial charge in [0.1, 0.15) is 11.6 Å². The molecule has 156 valence electrons. The van der Waals surface area contributed by atoms with Crippen molar-refractivity contribution in [1.82, 2.24) is 9.55 Å². The van der Waals surface area contributed by atoms with Crippen molar-refractivity contribution in [1.29, 1.82) is 0 Å². The van der Waals surface area contributed by atoms with Gasteiger partial charge in [0.05, 0.1) is 16.7 Å². The van der Waals surface area contributed by atoms with E-state index in [0.717, 1.165) is 22.5 Å². The molecule has 0 aliphatic rings. The van der Waals surface area contributed by atoms with E-state index in [1.165, 1.54) is 25.1 Å². The van der Waals surface area contributed by atoms with E-state index in [0.29, 0.717) is 12.1 Å². The van der Waals surface area contributed by atoms with Gasteiger partial charge in [0, 0.05) is 31.1 Å². The van der Waals surface area contributed by atoms with Crippen molar-refractivity contribution in [3.05, 3.63) is 84.4 Å². The summed E-state index contributed by atoms with van der Waals surface area (Å²) in [5, 5.41) is 5.16. The van der Waals surface area contributed by atoms with Gasteiger partial charge >= 0.3 is 0 Å². The van der Waals surface area contributed by atoms with Gasteiger partial charge in [0.25, 0.3) is 0 Å². The number of hydrogen-bond donors (Lipinski definition) is 2. The van der Waals surface area contributed by atoms with Crippen LogP contribution in [0.4, 0.5) is 15.8 Å². The van der Waals surface area contributed by atoms with E-state index < -0.39 is 5.82 Å². The highest BCUT2D eigenvalue weighted by Crippen LogP contribution is 2.23. The number of carbonyl (C=O) groups is 2. The van der Waals surface area contributed by atoms with Crippen LogP contribution in [0.1, 0.15) is 19.2 Å². The Morgan fingerprint density at radius 2 is 1.71 bits per heavy atom. The lowest BCUT2D eigenvalue weighted by Crippen LogP contribution is -2.15. The van der Waals surface area contributed by atoms with Crippen LogP contribution < -0.4 is 10.6 Å². The van der Waals surface area contributed by atoms with Crippen LogP contribution in [0.15, 0.2) is 72.8 Å². The third-order valence-corrected chi connectivity index (χ3v) is 4.78. The summed E-state index contributed by atoms with van der Waals surface area (Å²) >= 11 is 0. The van der Waals surface area contributed by atoms with Crippen LogP contribution in [-0.2, 0) is 16.0 Å². The maximum atomic E-state index is 14.1. The lowest BCUT2D eigenvalue weighted by Gasteiger charge is -2.11. The number of anilines is 2. The highest BCUT2D eigenvalue weighted by atomic mass is 19.1. The van der Waals surface area contributed by atoms with Gasteiger partial charge < -0.3 is 10.6 Å².